The molecule has 1 aliphatic rings. The molecule has 2 rings (SSSR count). The molecule has 0 radical (unpaired) electrons. The number of rotatable bonds is 8. The zero-order valence-electron chi connectivity index (χ0n) is 16.8. The smallest absolute Gasteiger partial charge is 0.339 e. The SMILES string of the molecule is COOCC1CCCC(C(=O)OC)C1.COOCc1cncc(C(=O)OC)c1. The summed E-state index contributed by atoms with van der Waals surface area (Å²) >= 11 is 0. The summed E-state index contributed by atoms with van der Waals surface area (Å²) in [4.78, 5) is 44.8. The van der Waals surface area contributed by atoms with Gasteiger partial charge in [-0.15, -0.1) is 0 Å². The van der Waals surface area contributed by atoms with Gasteiger partial charge in [-0.3, -0.25) is 9.78 Å². The fourth-order valence-electron chi connectivity index (χ4n) is 2.91. The van der Waals surface area contributed by atoms with E-state index in [0.29, 0.717) is 18.1 Å². The Kier molecular flexibility index (Phi) is 12.0. The largest absolute Gasteiger partial charge is 0.469 e. The molecular weight excluding hydrogens is 370 g/mol. The molecule has 0 spiro atoms. The third-order valence-electron chi connectivity index (χ3n) is 4.30. The predicted octanol–water partition coefficient (Wildman–Crippen LogP) is 2.49. The fourth-order valence-corrected chi connectivity index (χ4v) is 2.91. The Hall–Kier alpha value is -2.07. The average molecular weight is 399 g/mol. The normalized spacial score (nSPS) is 18.6. The van der Waals surface area contributed by atoms with E-state index in [4.69, 9.17) is 14.5 Å². The van der Waals surface area contributed by atoms with Gasteiger partial charge in [0.05, 0.1) is 46.5 Å². The van der Waals surface area contributed by atoms with Crippen molar-refractivity contribution in [1.29, 1.82) is 0 Å². The van der Waals surface area contributed by atoms with Crippen LogP contribution in [0.5, 0.6) is 0 Å². The molecule has 0 aromatic carbocycles. The number of hydrogen-bond acceptors (Lipinski definition) is 9. The summed E-state index contributed by atoms with van der Waals surface area (Å²) in [5.74, 6) is -0.0316. The van der Waals surface area contributed by atoms with Gasteiger partial charge in [-0.1, -0.05) is 6.42 Å². The van der Waals surface area contributed by atoms with Gasteiger partial charge in [0.1, 0.15) is 6.61 Å². The maximum absolute atomic E-state index is 11.3. The van der Waals surface area contributed by atoms with Gasteiger partial charge < -0.3 is 9.47 Å². The number of aromatic nitrogens is 1. The van der Waals surface area contributed by atoms with Crippen molar-refractivity contribution in [3.8, 4) is 0 Å². The molecule has 1 heterocycles. The average Bonchev–Trinajstić information content (AvgIpc) is 2.75. The summed E-state index contributed by atoms with van der Waals surface area (Å²) < 4.78 is 9.28. The zero-order valence-corrected chi connectivity index (χ0v) is 16.8. The number of ether oxygens (including phenoxy) is 2. The van der Waals surface area contributed by atoms with Crippen molar-refractivity contribution in [1.82, 2.24) is 4.98 Å². The Balaban J connectivity index is 0.000000280. The van der Waals surface area contributed by atoms with Crippen molar-refractivity contribution in [2.75, 3.05) is 35.0 Å². The van der Waals surface area contributed by atoms with Crippen molar-refractivity contribution in [3.63, 3.8) is 0 Å². The molecule has 2 atom stereocenters. The first kappa shape index (κ1) is 24.0. The highest BCUT2D eigenvalue weighted by Gasteiger charge is 2.28. The van der Waals surface area contributed by atoms with Crippen molar-refractivity contribution >= 4 is 11.9 Å². The Morgan fingerprint density at radius 3 is 2.43 bits per heavy atom. The van der Waals surface area contributed by atoms with Gasteiger partial charge in [0.15, 0.2) is 0 Å². The fraction of sp³-hybridized carbons (Fsp3) is 0.632. The lowest BCUT2D eigenvalue weighted by Gasteiger charge is -2.26. The van der Waals surface area contributed by atoms with E-state index in [2.05, 4.69) is 19.5 Å². The Labute approximate surface area is 165 Å². The Bertz CT molecular complexity index is 595. The van der Waals surface area contributed by atoms with Gasteiger partial charge in [0.25, 0.3) is 0 Å². The maximum atomic E-state index is 11.3. The van der Waals surface area contributed by atoms with Gasteiger partial charge in [0, 0.05) is 18.0 Å². The van der Waals surface area contributed by atoms with Crippen LogP contribution in [-0.2, 0) is 40.4 Å². The van der Waals surface area contributed by atoms with E-state index >= 15 is 0 Å². The van der Waals surface area contributed by atoms with Crippen molar-refractivity contribution in [2.45, 2.75) is 32.3 Å². The summed E-state index contributed by atoms with van der Waals surface area (Å²) in [7, 11) is 5.68. The standard InChI is InChI=1S/C10H18O4.C9H11NO4/c1-12-10(11)9-5-3-4-8(6-9)7-14-13-2;1-12-9(11)8-3-7(4-10-5-8)6-14-13-2/h8-9H,3-7H2,1-2H3;3-5H,6H2,1-2H3. The monoisotopic (exact) mass is 399 g/mol. The molecular formula is C19H29NO8. The third-order valence-corrected chi connectivity index (χ3v) is 4.30. The van der Waals surface area contributed by atoms with Crippen molar-refractivity contribution < 1.29 is 38.6 Å². The highest BCUT2D eigenvalue weighted by molar-refractivity contribution is 5.89. The van der Waals surface area contributed by atoms with E-state index in [1.165, 1.54) is 34.6 Å². The molecule has 1 aromatic rings. The Morgan fingerprint density at radius 1 is 1.04 bits per heavy atom. The molecule has 2 unspecified atom stereocenters. The van der Waals surface area contributed by atoms with Gasteiger partial charge >= 0.3 is 11.9 Å². The van der Waals surface area contributed by atoms with Crippen LogP contribution < -0.4 is 0 Å². The molecule has 0 amide bonds. The first-order chi connectivity index (χ1) is 13.5. The second kappa shape index (κ2) is 14.0. The summed E-state index contributed by atoms with van der Waals surface area (Å²) in [5.41, 5.74) is 1.14. The minimum Gasteiger partial charge on any atom is -0.469 e. The zero-order chi connectivity index (χ0) is 20.8. The van der Waals surface area contributed by atoms with E-state index in [-0.39, 0.29) is 18.5 Å². The molecule has 1 aliphatic carbocycles. The summed E-state index contributed by atoms with van der Waals surface area (Å²) in [5, 5.41) is 0. The second-order valence-corrected chi connectivity index (χ2v) is 6.21. The summed E-state index contributed by atoms with van der Waals surface area (Å²) in [6.07, 6.45) is 6.99. The van der Waals surface area contributed by atoms with E-state index in [1.54, 1.807) is 12.3 Å². The molecule has 9 heteroatoms. The van der Waals surface area contributed by atoms with Crippen molar-refractivity contribution in [3.05, 3.63) is 29.6 Å². The molecule has 1 aromatic heterocycles. The quantitative estimate of drug-likeness (QED) is 0.370. The van der Waals surface area contributed by atoms with Crippen LogP contribution in [0, 0.1) is 11.8 Å². The third kappa shape index (κ3) is 8.75. The lowest BCUT2D eigenvalue weighted by molar-refractivity contribution is -0.282. The number of methoxy groups -OCH3 is 2. The van der Waals surface area contributed by atoms with Crippen LogP contribution in [0.4, 0.5) is 0 Å². The molecule has 0 N–H and O–H groups in total. The summed E-state index contributed by atoms with van der Waals surface area (Å²) in [6.45, 7) is 0.818. The first-order valence-electron chi connectivity index (χ1n) is 8.96. The van der Waals surface area contributed by atoms with Crippen LogP contribution in [0.25, 0.3) is 0 Å². The van der Waals surface area contributed by atoms with Crippen LogP contribution in [0.1, 0.15) is 41.6 Å². The minimum atomic E-state index is -0.420. The molecule has 158 valence electrons. The van der Waals surface area contributed by atoms with Crippen LogP contribution in [0.15, 0.2) is 18.5 Å². The van der Waals surface area contributed by atoms with Crippen LogP contribution in [0.2, 0.25) is 0 Å². The van der Waals surface area contributed by atoms with E-state index in [0.717, 1.165) is 31.2 Å². The number of pyridine rings is 1. The van der Waals surface area contributed by atoms with Gasteiger partial charge in [0.2, 0.25) is 0 Å². The highest BCUT2D eigenvalue weighted by Crippen LogP contribution is 2.29. The Morgan fingerprint density at radius 2 is 1.79 bits per heavy atom. The lowest BCUT2D eigenvalue weighted by atomic mass is 9.82. The predicted molar refractivity (Wildman–Crippen MR) is 97.8 cm³/mol. The molecule has 0 aliphatic heterocycles. The molecule has 9 nitrogen and oxygen atoms in total. The van der Waals surface area contributed by atoms with Gasteiger partial charge in [-0.2, -0.15) is 0 Å². The topological polar surface area (TPSA) is 102 Å². The van der Waals surface area contributed by atoms with E-state index in [9.17, 15) is 9.59 Å². The first-order valence-corrected chi connectivity index (χ1v) is 8.96. The van der Waals surface area contributed by atoms with E-state index < -0.39 is 5.97 Å². The van der Waals surface area contributed by atoms with Crippen LogP contribution >= 0.6 is 0 Å². The minimum absolute atomic E-state index is 0.0548. The maximum Gasteiger partial charge on any atom is 0.339 e. The number of carbonyl (C=O) groups excluding carboxylic acids is 2. The molecule has 0 bridgehead atoms. The van der Waals surface area contributed by atoms with Crippen LogP contribution in [-0.4, -0.2) is 52.0 Å². The lowest BCUT2D eigenvalue weighted by Crippen LogP contribution is -2.26. The number of carbonyl (C=O) groups is 2. The van der Waals surface area contributed by atoms with Gasteiger partial charge in [-0.25, -0.2) is 24.3 Å². The van der Waals surface area contributed by atoms with E-state index in [1.807, 2.05) is 0 Å². The molecule has 1 saturated carbocycles. The van der Waals surface area contributed by atoms with Crippen LogP contribution in [0.3, 0.4) is 0 Å². The number of esters is 2. The van der Waals surface area contributed by atoms with Gasteiger partial charge in [-0.05, 0) is 31.2 Å². The molecule has 0 saturated heterocycles. The number of nitrogens with zero attached hydrogens (tertiary/aromatic N) is 1. The highest BCUT2D eigenvalue weighted by atomic mass is 17.2. The molecule has 1 fully saturated rings. The van der Waals surface area contributed by atoms with Crippen molar-refractivity contribution in [2.24, 2.45) is 11.8 Å². The second-order valence-electron chi connectivity index (χ2n) is 6.21. The molecule has 28 heavy (non-hydrogen) atoms. The number of hydrogen-bond donors (Lipinski definition) is 0. The summed E-state index contributed by atoms with van der Waals surface area (Å²) in [6, 6.07) is 1.64.